The maximum Gasteiger partial charge on any atom is 0.168 e. The SMILES string of the molecule is Cc1ccc2c(c1)nc(SCCC1CCCCN1)n2C. The molecule has 1 aromatic heterocycles. The largest absolute Gasteiger partial charge is 0.322 e. The molecule has 1 unspecified atom stereocenters. The van der Waals surface area contributed by atoms with E-state index in [0.29, 0.717) is 6.04 Å². The van der Waals surface area contributed by atoms with Gasteiger partial charge in [0.15, 0.2) is 5.16 Å². The van der Waals surface area contributed by atoms with Crippen LogP contribution in [-0.4, -0.2) is 27.9 Å². The number of nitrogens with zero attached hydrogens (tertiary/aromatic N) is 2. The number of fused-ring (bicyclic) bond motifs is 1. The molecule has 1 saturated heterocycles. The Morgan fingerprint density at radius 3 is 3.10 bits per heavy atom. The highest BCUT2D eigenvalue weighted by molar-refractivity contribution is 7.99. The van der Waals surface area contributed by atoms with Gasteiger partial charge in [0.25, 0.3) is 0 Å². The number of benzene rings is 1. The fourth-order valence-corrected chi connectivity index (χ4v) is 3.92. The number of piperidine rings is 1. The van der Waals surface area contributed by atoms with Gasteiger partial charge in [-0.15, -0.1) is 0 Å². The molecule has 108 valence electrons. The molecule has 0 saturated carbocycles. The normalized spacial score (nSPS) is 19.6. The van der Waals surface area contributed by atoms with Gasteiger partial charge in [0.1, 0.15) is 0 Å². The van der Waals surface area contributed by atoms with Gasteiger partial charge < -0.3 is 9.88 Å². The summed E-state index contributed by atoms with van der Waals surface area (Å²) in [5, 5.41) is 4.75. The van der Waals surface area contributed by atoms with E-state index in [1.807, 2.05) is 11.8 Å². The van der Waals surface area contributed by atoms with Crippen LogP contribution in [-0.2, 0) is 7.05 Å². The zero-order valence-corrected chi connectivity index (χ0v) is 13.2. The number of aryl methyl sites for hydroxylation is 2. The number of hydrogen-bond acceptors (Lipinski definition) is 3. The number of imidazole rings is 1. The summed E-state index contributed by atoms with van der Waals surface area (Å²) in [4.78, 5) is 4.76. The van der Waals surface area contributed by atoms with E-state index in [4.69, 9.17) is 4.98 Å². The Kier molecular flexibility index (Phi) is 4.32. The van der Waals surface area contributed by atoms with Gasteiger partial charge in [0.05, 0.1) is 11.0 Å². The van der Waals surface area contributed by atoms with E-state index in [1.165, 1.54) is 43.3 Å². The van der Waals surface area contributed by atoms with Gasteiger partial charge in [-0.05, 0) is 50.4 Å². The summed E-state index contributed by atoms with van der Waals surface area (Å²) in [5.41, 5.74) is 3.62. The van der Waals surface area contributed by atoms with Crippen molar-refractivity contribution in [3.05, 3.63) is 23.8 Å². The second kappa shape index (κ2) is 6.19. The fourth-order valence-electron chi connectivity index (χ4n) is 2.88. The lowest BCUT2D eigenvalue weighted by atomic mass is 10.0. The number of aromatic nitrogens is 2. The zero-order chi connectivity index (χ0) is 13.9. The molecule has 1 aliphatic heterocycles. The lowest BCUT2D eigenvalue weighted by Crippen LogP contribution is -2.34. The van der Waals surface area contributed by atoms with E-state index in [-0.39, 0.29) is 0 Å². The van der Waals surface area contributed by atoms with Gasteiger partial charge in [0.2, 0.25) is 0 Å². The van der Waals surface area contributed by atoms with Crippen LogP contribution < -0.4 is 5.32 Å². The van der Waals surface area contributed by atoms with Crippen LogP contribution in [0.4, 0.5) is 0 Å². The van der Waals surface area contributed by atoms with Gasteiger partial charge in [-0.2, -0.15) is 0 Å². The molecule has 0 bridgehead atoms. The Morgan fingerprint density at radius 2 is 2.30 bits per heavy atom. The second-order valence-electron chi connectivity index (χ2n) is 5.73. The van der Waals surface area contributed by atoms with Gasteiger partial charge in [-0.25, -0.2) is 4.98 Å². The summed E-state index contributed by atoms with van der Waals surface area (Å²) < 4.78 is 2.22. The van der Waals surface area contributed by atoms with E-state index in [1.54, 1.807) is 0 Å². The molecule has 4 heteroatoms. The topological polar surface area (TPSA) is 29.9 Å². The molecule has 1 fully saturated rings. The van der Waals surface area contributed by atoms with E-state index in [2.05, 4.69) is 42.1 Å². The van der Waals surface area contributed by atoms with Gasteiger partial charge in [-0.1, -0.05) is 24.2 Å². The first-order valence-electron chi connectivity index (χ1n) is 7.53. The molecule has 0 spiro atoms. The molecule has 20 heavy (non-hydrogen) atoms. The molecule has 3 nitrogen and oxygen atoms in total. The molecule has 0 amide bonds. The summed E-state index contributed by atoms with van der Waals surface area (Å²) in [6, 6.07) is 7.21. The van der Waals surface area contributed by atoms with Crippen molar-refractivity contribution in [3.8, 4) is 0 Å². The van der Waals surface area contributed by atoms with Crippen LogP contribution in [0.3, 0.4) is 0 Å². The predicted octanol–water partition coefficient (Wildman–Crippen LogP) is 3.51. The van der Waals surface area contributed by atoms with Crippen molar-refractivity contribution in [2.45, 2.75) is 43.8 Å². The Labute approximate surface area is 125 Å². The molecule has 1 N–H and O–H groups in total. The van der Waals surface area contributed by atoms with Crippen LogP contribution in [0.2, 0.25) is 0 Å². The van der Waals surface area contributed by atoms with Crippen LogP contribution in [0.1, 0.15) is 31.2 Å². The van der Waals surface area contributed by atoms with Crippen molar-refractivity contribution >= 4 is 22.8 Å². The van der Waals surface area contributed by atoms with Crippen molar-refractivity contribution < 1.29 is 0 Å². The van der Waals surface area contributed by atoms with Crippen LogP contribution >= 0.6 is 11.8 Å². The summed E-state index contributed by atoms with van der Waals surface area (Å²) >= 11 is 1.88. The highest BCUT2D eigenvalue weighted by Crippen LogP contribution is 2.25. The Balaban J connectivity index is 1.63. The van der Waals surface area contributed by atoms with Crippen molar-refractivity contribution in [2.75, 3.05) is 12.3 Å². The van der Waals surface area contributed by atoms with E-state index < -0.39 is 0 Å². The van der Waals surface area contributed by atoms with Crippen molar-refractivity contribution in [2.24, 2.45) is 7.05 Å². The molecule has 0 aliphatic carbocycles. The Bertz CT molecular complexity index is 585. The van der Waals surface area contributed by atoms with Crippen LogP contribution in [0, 0.1) is 6.92 Å². The summed E-state index contributed by atoms with van der Waals surface area (Å²) in [7, 11) is 2.12. The summed E-state index contributed by atoms with van der Waals surface area (Å²) in [6.07, 6.45) is 5.30. The molecule has 2 heterocycles. The molecular weight excluding hydrogens is 266 g/mol. The van der Waals surface area contributed by atoms with Crippen LogP contribution in [0.25, 0.3) is 11.0 Å². The number of rotatable bonds is 4. The lowest BCUT2D eigenvalue weighted by molar-refractivity contribution is 0.394. The number of nitrogens with one attached hydrogen (secondary N) is 1. The molecule has 1 atom stereocenters. The molecule has 1 aliphatic rings. The van der Waals surface area contributed by atoms with Gasteiger partial charge >= 0.3 is 0 Å². The Morgan fingerprint density at radius 1 is 1.40 bits per heavy atom. The van der Waals surface area contributed by atoms with Crippen molar-refractivity contribution in [3.63, 3.8) is 0 Å². The number of thioether (sulfide) groups is 1. The fraction of sp³-hybridized carbons (Fsp3) is 0.562. The molecule has 3 rings (SSSR count). The highest BCUT2D eigenvalue weighted by atomic mass is 32.2. The maximum atomic E-state index is 4.76. The quantitative estimate of drug-likeness (QED) is 0.874. The minimum Gasteiger partial charge on any atom is -0.322 e. The summed E-state index contributed by atoms with van der Waals surface area (Å²) in [6.45, 7) is 3.32. The predicted molar refractivity (Wildman–Crippen MR) is 86.4 cm³/mol. The van der Waals surface area contributed by atoms with E-state index in [9.17, 15) is 0 Å². The first-order chi connectivity index (χ1) is 9.74. The third-order valence-corrected chi connectivity index (χ3v) is 5.17. The first-order valence-corrected chi connectivity index (χ1v) is 8.52. The van der Waals surface area contributed by atoms with Crippen molar-refractivity contribution in [1.82, 2.24) is 14.9 Å². The second-order valence-corrected chi connectivity index (χ2v) is 6.79. The maximum absolute atomic E-state index is 4.76. The summed E-state index contributed by atoms with van der Waals surface area (Å²) in [5.74, 6) is 1.15. The molecular formula is C16H23N3S. The lowest BCUT2D eigenvalue weighted by Gasteiger charge is -2.22. The molecule has 1 aromatic carbocycles. The van der Waals surface area contributed by atoms with E-state index >= 15 is 0 Å². The third kappa shape index (κ3) is 3.01. The van der Waals surface area contributed by atoms with Crippen molar-refractivity contribution in [1.29, 1.82) is 0 Å². The smallest absolute Gasteiger partial charge is 0.168 e. The zero-order valence-electron chi connectivity index (χ0n) is 12.4. The first kappa shape index (κ1) is 14.0. The average molecular weight is 289 g/mol. The van der Waals surface area contributed by atoms with Crippen LogP contribution in [0.5, 0.6) is 0 Å². The third-order valence-electron chi connectivity index (χ3n) is 4.11. The van der Waals surface area contributed by atoms with E-state index in [0.717, 1.165) is 16.4 Å². The number of hydrogen-bond donors (Lipinski definition) is 1. The van der Waals surface area contributed by atoms with Gasteiger partial charge in [0, 0.05) is 18.8 Å². The minimum atomic E-state index is 0.716. The highest BCUT2D eigenvalue weighted by Gasteiger charge is 2.13. The average Bonchev–Trinajstić information content (AvgIpc) is 2.76. The molecule has 2 aromatic rings. The van der Waals surface area contributed by atoms with Crippen LogP contribution in [0.15, 0.2) is 23.4 Å². The Hall–Kier alpha value is -1.00. The standard InChI is InChI=1S/C16H23N3S/c1-12-6-7-15-14(11-12)18-16(19(15)2)20-10-8-13-5-3-4-9-17-13/h6-7,11,13,17H,3-5,8-10H2,1-2H3. The minimum absolute atomic E-state index is 0.716. The molecule has 0 radical (unpaired) electrons. The van der Waals surface area contributed by atoms with Gasteiger partial charge in [-0.3, -0.25) is 0 Å². The monoisotopic (exact) mass is 289 g/mol.